The summed E-state index contributed by atoms with van der Waals surface area (Å²) in [5.41, 5.74) is 1.64. The lowest BCUT2D eigenvalue weighted by atomic mass is 10.2. The Morgan fingerprint density at radius 2 is 1.92 bits per heavy atom. The average Bonchev–Trinajstić information content (AvgIpc) is 3.28. The normalized spacial score (nSPS) is 17.5. The Morgan fingerprint density at radius 3 is 2.67 bits per heavy atom. The number of hydrogen-bond acceptors (Lipinski definition) is 9. The summed E-state index contributed by atoms with van der Waals surface area (Å²) >= 11 is 0. The van der Waals surface area contributed by atoms with E-state index in [1.54, 1.807) is 30.3 Å². The summed E-state index contributed by atoms with van der Waals surface area (Å²) in [5.74, 6) is -1.83. The monoisotopic (exact) mass is 555 g/mol. The van der Waals surface area contributed by atoms with Crippen molar-refractivity contribution in [1.82, 2.24) is 29.6 Å². The van der Waals surface area contributed by atoms with E-state index in [4.69, 9.17) is 4.52 Å². The predicted octanol–water partition coefficient (Wildman–Crippen LogP) is 2.76. The second kappa shape index (κ2) is 9.84. The number of carbonyl (C=O) groups excluding carboxylic acids is 1. The van der Waals surface area contributed by atoms with Gasteiger partial charge in [-0.3, -0.25) is 14.2 Å². The van der Waals surface area contributed by atoms with Gasteiger partial charge in [0.15, 0.2) is 17.5 Å². The van der Waals surface area contributed by atoms with Crippen LogP contribution < -0.4 is 9.62 Å². The standard InChI is InChI=1S/C25H23F2N7O4S/c26-18-4-2-1-3-16(18)13-34-22(20-8-10-38-31-20)11-21(30-34)23-28-12-19(27)24(29-23)33-9-7-17(14-33)39(36,37)32-25(35)15-5-6-15/h1-4,8,10-12,15,17H,5-7,9,13-14H2,(H,32,35). The Hall–Kier alpha value is -4.20. The highest BCUT2D eigenvalue weighted by Gasteiger charge is 2.39. The van der Waals surface area contributed by atoms with Gasteiger partial charge in [-0.2, -0.15) is 5.10 Å². The number of nitrogens with one attached hydrogen (secondary N) is 1. The van der Waals surface area contributed by atoms with Crippen LogP contribution in [0, 0.1) is 17.6 Å². The molecule has 14 heteroatoms. The van der Waals surface area contributed by atoms with Gasteiger partial charge in [0, 0.05) is 30.6 Å². The van der Waals surface area contributed by atoms with Crippen molar-refractivity contribution in [2.24, 2.45) is 5.92 Å². The van der Waals surface area contributed by atoms with Crippen molar-refractivity contribution < 1.29 is 26.5 Å². The first-order chi connectivity index (χ1) is 18.8. The summed E-state index contributed by atoms with van der Waals surface area (Å²) in [6.45, 7) is 0.274. The molecule has 1 saturated carbocycles. The van der Waals surface area contributed by atoms with E-state index < -0.39 is 32.8 Å². The molecule has 0 radical (unpaired) electrons. The molecule has 0 bridgehead atoms. The molecule has 1 amide bonds. The Labute approximate surface area is 221 Å². The minimum absolute atomic E-state index is 0.0352. The molecule has 6 rings (SSSR count). The number of hydrogen-bond donors (Lipinski definition) is 1. The highest BCUT2D eigenvalue weighted by Crippen LogP contribution is 2.31. The third kappa shape index (κ3) is 5.11. The van der Waals surface area contributed by atoms with Crippen LogP contribution in [0.15, 0.2) is 53.4 Å². The molecule has 1 unspecified atom stereocenters. The molecule has 39 heavy (non-hydrogen) atoms. The van der Waals surface area contributed by atoms with Crippen LogP contribution in [0.1, 0.15) is 24.8 Å². The summed E-state index contributed by atoms with van der Waals surface area (Å²) in [4.78, 5) is 22.0. The average molecular weight is 556 g/mol. The van der Waals surface area contributed by atoms with E-state index in [1.807, 2.05) is 0 Å². The van der Waals surface area contributed by atoms with Gasteiger partial charge in [-0.25, -0.2) is 27.2 Å². The smallest absolute Gasteiger partial charge is 0.239 e. The van der Waals surface area contributed by atoms with E-state index in [1.165, 1.54) is 21.9 Å². The highest BCUT2D eigenvalue weighted by atomic mass is 32.2. The van der Waals surface area contributed by atoms with Crippen molar-refractivity contribution in [2.75, 3.05) is 18.0 Å². The fourth-order valence-electron chi connectivity index (χ4n) is 4.51. The molecule has 4 aromatic rings. The lowest BCUT2D eigenvalue weighted by Gasteiger charge is -2.18. The summed E-state index contributed by atoms with van der Waals surface area (Å²) in [6.07, 6.45) is 3.97. The number of aromatic nitrogens is 5. The van der Waals surface area contributed by atoms with Gasteiger partial charge in [-0.05, 0) is 31.4 Å². The summed E-state index contributed by atoms with van der Waals surface area (Å²) in [7, 11) is -3.91. The number of halogens is 2. The summed E-state index contributed by atoms with van der Waals surface area (Å²) in [6, 6.07) is 9.57. The number of amides is 1. The van der Waals surface area contributed by atoms with E-state index in [0.717, 1.165) is 6.20 Å². The first-order valence-electron chi connectivity index (χ1n) is 12.3. The molecule has 4 heterocycles. The fourth-order valence-corrected chi connectivity index (χ4v) is 5.92. The first-order valence-corrected chi connectivity index (χ1v) is 13.9. The van der Waals surface area contributed by atoms with E-state index in [0.29, 0.717) is 29.8 Å². The number of rotatable bonds is 8. The van der Waals surface area contributed by atoms with Crippen LogP contribution in [0.2, 0.25) is 0 Å². The van der Waals surface area contributed by atoms with Crippen molar-refractivity contribution in [3.8, 4) is 22.9 Å². The van der Waals surface area contributed by atoms with Gasteiger partial charge in [0.25, 0.3) is 0 Å². The van der Waals surface area contributed by atoms with Crippen molar-refractivity contribution in [2.45, 2.75) is 31.1 Å². The molecule has 1 aromatic carbocycles. The molecule has 11 nitrogen and oxygen atoms in total. The van der Waals surface area contributed by atoms with Crippen molar-refractivity contribution in [1.29, 1.82) is 0 Å². The predicted molar refractivity (Wildman–Crippen MR) is 135 cm³/mol. The summed E-state index contributed by atoms with van der Waals surface area (Å²) in [5, 5.41) is 7.60. The molecule has 1 N–H and O–H groups in total. The van der Waals surface area contributed by atoms with Crippen molar-refractivity contribution >= 4 is 21.7 Å². The van der Waals surface area contributed by atoms with E-state index >= 15 is 0 Å². The maximum absolute atomic E-state index is 14.8. The minimum atomic E-state index is -3.91. The van der Waals surface area contributed by atoms with Gasteiger partial charge in [0.1, 0.15) is 23.5 Å². The third-order valence-corrected chi connectivity index (χ3v) is 8.54. The number of benzene rings is 1. The SMILES string of the molecule is O=C(NS(=O)(=O)C1CCN(c2nc(-c3cc(-c4ccon4)n(Cc4ccccc4F)n3)ncc2F)C1)C1CC1. The molecule has 202 valence electrons. The van der Waals surface area contributed by atoms with Gasteiger partial charge in [-0.1, -0.05) is 23.4 Å². The second-order valence-corrected chi connectivity index (χ2v) is 11.5. The number of nitrogens with zero attached hydrogens (tertiary/aromatic N) is 6. The zero-order valence-electron chi connectivity index (χ0n) is 20.5. The van der Waals surface area contributed by atoms with Gasteiger partial charge in [0.2, 0.25) is 15.9 Å². The quantitative estimate of drug-likeness (QED) is 0.348. The lowest BCUT2D eigenvalue weighted by Crippen LogP contribution is -2.40. The van der Waals surface area contributed by atoms with Crippen LogP contribution in [-0.4, -0.2) is 57.6 Å². The maximum Gasteiger partial charge on any atom is 0.239 e. The van der Waals surface area contributed by atoms with Crippen LogP contribution in [0.25, 0.3) is 22.9 Å². The summed E-state index contributed by atoms with van der Waals surface area (Å²) < 4.78 is 63.3. The van der Waals surface area contributed by atoms with Crippen LogP contribution in [0.3, 0.4) is 0 Å². The van der Waals surface area contributed by atoms with Crippen LogP contribution in [0.4, 0.5) is 14.6 Å². The minimum Gasteiger partial charge on any atom is -0.364 e. The van der Waals surface area contributed by atoms with E-state index in [9.17, 15) is 22.0 Å². The molecule has 2 aliphatic rings. The molecule has 3 aromatic heterocycles. The second-order valence-electron chi connectivity index (χ2n) is 9.56. The van der Waals surface area contributed by atoms with Crippen LogP contribution >= 0.6 is 0 Å². The van der Waals surface area contributed by atoms with E-state index in [2.05, 4.69) is 24.9 Å². The third-order valence-electron chi connectivity index (χ3n) is 6.79. The van der Waals surface area contributed by atoms with Gasteiger partial charge < -0.3 is 9.42 Å². The number of carbonyl (C=O) groups is 1. The maximum atomic E-state index is 14.8. The van der Waals surface area contributed by atoms with Crippen molar-refractivity contribution in [3.05, 3.63) is 66.1 Å². The number of anilines is 1. The Bertz CT molecular complexity index is 1640. The largest absolute Gasteiger partial charge is 0.364 e. The van der Waals surface area contributed by atoms with E-state index in [-0.39, 0.29) is 49.3 Å². The zero-order chi connectivity index (χ0) is 27.1. The molecule has 1 saturated heterocycles. The fraction of sp³-hybridized carbons (Fsp3) is 0.320. The molecular formula is C25H23F2N7O4S. The molecule has 2 fully saturated rings. The van der Waals surface area contributed by atoms with Gasteiger partial charge in [-0.15, -0.1) is 0 Å². The Kier molecular flexibility index (Phi) is 6.33. The van der Waals surface area contributed by atoms with Crippen LogP contribution in [-0.2, 0) is 21.4 Å². The van der Waals surface area contributed by atoms with Crippen molar-refractivity contribution in [3.63, 3.8) is 0 Å². The molecule has 1 aliphatic carbocycles. The Morgan fingerprint density at radius 1 is 1.10 bits per heavy atom. The molecule has 1 aliphatic heterocycles. The van der Waals surface area contributed by atoms with Gasteiger partial charge in [0.05, 0.1) is 23.7 Å². The first kappa shape index (κ1) is 25.1. The molecular weight excluding hydrogens is 532 g/mol. The molecule has 0 spiro atoms. The lowest BCUT2D eigenvalue weighted by molar-refractivity contribution is -0.120. The number of sulfonamides is 1. The highest BCUT2D eigenvalue weighted by molar-refractivity contribution is 7.90. The Balaban J connectivity index is 1.28. The van der Waals surface area contributed by atoms with Crippen LogP contribution in [0.5, 0.6) is 0 Å². The van der Waals surface area contributed by atoms with Gasteiger partial charge >= 0.3 is 0 Å². The molecule has 1 atom stereocenters. The topological polar surface area (TPSA) is 136 Å². The zero-order valence-corrected chi connectivity index (χ0v) is 21.3.